The first-order chi connectivity index (χ1) is 9.97. The maximum atomic E-state index is 12.2. The van der Waals surface area contributed by atoms with E-state index in [1.807, 2.05) is 32.0 Å². The predicted molar refractivity (Wildman–Crippen MR) is 86.7 cm³/mol. The molecule has 0 aliphatic heterocycles. The highest BCUT2D eigenvalue weighted by atomic mass is 32.2. The van der Waals surface area contributed by atoms with Gasteiger partial charge < -0.3 is 11.1 Å². The van der Waals surface area contributed by atoms with Gasteiger partial charge >= 0.3 is 0 Å². The largest absolute Gasteiger partial charge is 0.398 e. The molecule has 0 saturated carbocycles. The minimum atomic E-state index is -1.45. The SMILES string of the molecule is Cc1ccc(NC(=O)C[S@](=O)c2ccccc2N)c(C)c1. The Hall–Kier alpha value is -2.14. The molecule has 3 N–H and O–H groups in total. The summed E-state index contributed by atoms with van der Waals surface area (Å²) in [7, 11) is -1.45. The molecule has 0 fully saturated rings. The molecule has 5 heteroatoms. The van der Waals surface area contributed by atoms with Crippen LogP contribution in [-0.4, -0.2) is 15.9 Å². The van der Waals surface area contributed by atoms with Gasteiger partial charge in [-0.05, 0) is 37.6 Å². The Labute approximate surface area is 126 Å². The normalized spacial score (nSPS) is 11.9. The van der Waals surface area contributed by atoms with Crippen LogP contribution in [0.5, 0.6) is 0 Å². The van der Waals surface area contributed by atoms with Crippen LogP contribution >= 0.6 is 0 Å². The van der Waals surface area contributed by atoms with Crippen LogP contribution in [0, 0.1) is 13.8 Å². The van der Waals surface area contributed by atoms with Crippen molar-refractivity contribution in [3.63, 3.8) is 0 Å². The number of nitrogens with one attached hydrogen (secondary N) is 1. The minimum absolute atomic E-state index is 0.110. The Morgan fingerprint density at radius 1 is 1.19 bits per heavy atom. The van der Waals surface area contributed by atoms with Crippen LogP contribution in [0.15, 0.2) is 47.4 Å². The summed E-state index contributed by atoms with van der Waals surface area (Å²) in [4.78, 5) is 12.5. The first-order valence-corrected chi connectivity index (χ1v) is 7.89. The molecule has 4 nitrogen and oxygen atoms in total. The summed E-state index contributed by atoms with van der Waals surface area (Å²) in [5.41, 5.74) is 9.06. The van der Waals surface area contributed by atoms with E-state index >= 15 is 0 Å². The van der Waals surface area contributed by atoms with Gasteiger partial charge in [-0.3, -0.25) is 9.00 Å². The minimum Gasteiger partial charge on any atom is -0.398 e. The van der Waals surface area contributed by atoms with Gasteiger partial charge in [-0.2, -0.15) is 0 Å². The molecular weight excluding hydrogens is 284 g/mol. The summed E-state index contributed by atoms with van der Waals surface area (Å²) < 4.78 is 12.2. The van der Waals surface area contributed by atoms with Crippen molar-refractivity contribution in [3.8, 4) is 0 Å². The number of rotatable bonds is 4. The highest BCUT2D eigenvalue weighted by Crippen LogP contribution is 2.18. The van der Waals surface area contributed by atoms with E-state index in [4.69, 9.17) is 5.73 Å². The molecule has 0 heterocycles. The number of hydrogen-bond acceptors (Lipinski definition) is 3. The van der Waals surface area contributed by atoms with Crippen molar-refractivity contribution in [3.05, 3.63) is 53.6 Å². The summed E-state index contributed by atoms with van der Waals surface area (Å²) in [5.74, 6) is -0.398. The van der Waals surface area contributed by atoms with Crippen LogP contribution in [-0.2, 0) is 15.6 Å². The quantitative estimate of drug-likeness (QED) is 0.853. The van der Waals surface area contributed by atoms with Gasteiger partial charge in [0.25, 0.3) is 0 Å². The fraction of sp³-hybridized carbons (Fsp3) is 0.188. The van der Waals surface area contributed by atoms with Gasteiger partial charge in [0, 0.05) is 11.4 Å². The molecule has 0 aliphatic rings. The molecule has 0 aromatic heterocycles. The topological polar surface area (TPSA) is 72.2 Å². The first kappa shape index (κ1) is 15.3. The van der Waals surface area contributed by atoms with E-state index in [0.29, 0.717) is 10.6 Å². The van der Waals surface area contributed by atoms with E-state index in [0.717, 1.165) is 16.8 Å². The van der Waals surface area contributed by atoms with Crippen molar-refractivity contribution >= 4 is 28.1 Å². The number of nitrogen functional groups attached to an aromatic ring is 1. The average Bonchev–Trinajstić information content (AvgIpc) is 2.42. The second-order valence-electron chi connectivity index (χ2n) is 4.89. The summed E-state index contributed by atoms with van der Waals surface area (Å²) >= 11 is 0. The van der Waals surface area contributed by atoms with Crippen molar-refractivity contribution in [1.82, 2.24) is 0 Å². The van der Waals surface area contributed by atoms with E-state index in [1.165, 1.54) is 0 Å². The lowest BCUT2D eigenvalue weighted by atomic mass is 10.1. The van der Waals surface area contributed by atoms with E-state index in [1.54, 1.807) is 24.3 Å². The molecule has 0 saturated heterocycles. The Balaban J connectivity index is 2.05. The van der Waals surface area contributed by atoms with Crippen LogP contribution in [0.25, 0.3) is 0 Å². The zero-order chi connectivity index (χ0) is 15.4. The molecule has 0 aliphatic carbocycles. The summed E-state index contributed by atoms with van der Waals surface area (Å²) in [6, 6.07) is 12.6. The maximum absolute atomic E-state index is 12.2. The van der Waals surface area contributed by atoms with Crippen molar-refractivity contribution < 1.29 is 9.00 Å². The standard InChI is InChI=1S/C16H18N2O2S/c1-11-7-8-14(12(2)9-11)18-16(19)10-21(20)15-6-4-3-5-13(15)17/h3-9H,10,17H2,1-2H3,(H,18,19)/t21-/m0/s1. The Kier molecular flexibility index (Phi) is 4.75. The highest BCUT2D eigenvalue weighted by molar-refractivity contribution is 7.86. The zero-order valence-electron chi connectivity index (χ0n) is 12.1. The van der Waals surface area contributed by atoms with Crippen LogP contribution in [0.1, 0.15) is 11.1 Å². The van der Waals surface area contributed by atoms with Crippen LogP contribution < -0.4 is 11.1 Å². The zero-order valence-corrected chi connectivity index (χ0v) is 12.9. The molecule has 0 spiro atoms. The molecule has 0 bridgehead atoms. The third-order valence-corrected chi connectivity index (χ3v) is 4.47. The highest BCUT2D eigenvalue weighted by Gasteiger charge is 2.13. The first-order valence-electron chi connectivity index (χ1n) is 6.57. The molecular formula is C16H18N2O2S. The van der Waals surface area contributed by atoms with Gasteiger partial charge in [0.15, 0.2) is 0 Å². The number of carbonyl (C=O) groups excluding carboxylic acids is 1. The number of hydrogen-bond donors (Lipinski definition) is 2. The second kappa shape index (κ2) is 6.54. The molecule has 21 heavy (non-hydrogen) atoms. The molecule has 1 atom stereocenters. The van der Waals surface area contributed by atoms with Crippen molar-refractivity contribution in [2.24, 2.45) is 0 Å². The van der Waals surface area contributed by atoms with Gasteiger partial charge in [0.2, 0.25) is 5.91 Å². The second-order valence-corrected chi connectivity index (χ2v) is 6.31. The maximum Gasteiger partial charge on any atom is 0.237 e. The van der Waals surface area contributed by atoms with Crippen molar-refractivity contribution in [1.29, 1.82) is 0 Å². The molecule has 2 aromatic carbocycles. The number of anilines is 2. The van der Waals surface area contributed by atoms with Gasteiger partial charge in [-0.25, -0.2) is 0 Å². The van der Waals surface area contributed by atoms with E-state index in [-0.39, 0.29) is 11.7 Å². The summed E-state index contributed by atoms with van der Waals surface area (Å²) in [6.07, 6.45) is 0. The van der Waals surface area contributed by atoms with E-state index in [2.05, 4.69) is 5.32 Å². The number of amides is 1. The van der Waals surface area contributed by atoms with Crippen LogP contribution in [0.3, 0.4) is 0 Å². The Bertz CT molecular complexity index is 698. The molecule has 0 radical (unpaired) electrons. The summed E-state index contributed by atoms with van der Waals surface area (Å²) in [6.45, 7) is 3.92. The number of nitrogens with two attached hydrogens (primary N) is 1. The van der Waals surface area contributed by atoms with Gasteiger partial charge in [0.05, 0.1) is 15.7 Å². The lowest BCUT2D eigenvalue weighted by molar-refractivity contribution is -0.113. The monoisotopic (exact) mass is 302 g/mol. The lowest BCUT2D eigenvalue weighted by Crippen LogP contribution is -2.20. The lowest BCUT2D eigenvalue weighted by Gasteiger charge is -2.09. The number of benzene rings is 2. The Morgan fingerprint density at radius 3 is 2.57 bits per heavy atom. The van der Waals surface area contributed by atoms with Gasteiger partial charge in [-0.1, -0.05) is 29.8 Å². The predicted octanol–water partition coefficient (Wildman–Crippen LogP) is 2.63. The molecule has 2 aromatic rings. The van der Waals surface area contributed by atoms with Crippen LogP contribution in [0.2, 0.25) is 0 Å². The summed E-state index contributed by atoms with van der Waals surface area (Å²) in [5, 5.41) is 2.78. The molecule has 2 rings (SSSR count). The third kappa shape index (κ3) is 3.92. The number of para-hydroxylation sites is 1. The number of carbonyl (C=O) groups is 1. The van der Waals surface area contributed by atoms with Crippen LogP contribution in [0.4, 0.5) is 11.4 Å². The smallest absolute Gasteiger partial charge is 0.237 e. The number of aryl methyl sites for hydroxylation is 2. The van der Waals surface area contributed by atoms with Gasteiger partial charge in [-0.15, -0.1) is 0 Å². The average molecular weight is 302 g/mol. The van der Waals surface area contributed by atoms with Gasteiger partial charge in [0.1, 0.15) is 5.75 Å². The fourth-order valence-corrected chi connectivity index (χ4v) is 3.05. The Morgan fingerprint density at radius 2 is 1.90 bits per heavy atom. The molecule has 110 valence electrons. The fourth-order valence-electron chi connectivity index (χ4n) is 2.02. The van der Waals surface area contributed by atoms with E-state index in [9.17, 15) is 9.00 Å². The third-order valence-electron chi connectivity index (χ3n) is 3.08. The molecule has 0 unspecified atom stereocenters. The van der Waals surface area contributed by atoms with Crippen molar-refractivity contribution in [2.45, 2.75) is 18.7 Å². The molecule has 1 amide bonds. The van der Waals surface area contributed by atoms with E-state index < -0.39 is 10.8 Å². The van der Waals surface area contributed by atoms with Crippen molar-refractivity contribution in [2.75, 3.05) is 16.8 Å².